The first-order valence-electron chi connectivity index (χ1n) is 5.48. The smallest absolute Gasteiger partial charge is 0.248 e. The molecule has 0 aliphatic heterocycles. The lowest BCUT2D eigenvalue weighted by atomic mass is 10.1. The molecule has 0 saturated carbocycles. The van der Waals surface area contributed by atoms with E-state index in [-0.39, 0.29) is 18.6 Å². The van der Waals surface area contributed by atoms with Gasteiger partial charge < -0.3 is 14.4 Å². The zero-order valence-electron chi connectivity index (χ0n) is 10.8. The van der Waals surface area contributed by atoms with E-state index in [1.54, 1.807) is 19.1 Å². The summed E-state index contributed by atoms with van der Waals surface area (Å²) in [6.07, 6.45) is 0. The summed E-state index contributed by atoms with van der Waals surface area (Å²) >= 11 is 0. The molecule has 0 bridgehead atoms. The fourth-order valence-electron chi connectivity index (χ4n) is 1.55. The van der Waals surface area contributed by atoms with E-state index in [9.17, 15) is 4.79 Å². The van der Waals surface area contributed by atoms with Crippen molar-refractivity contribution in [2.24, 2.45) is 0 Å². The quantitative estimate of drug-likeness (QED) is 0.784. The fraction of sp³-hybridized carbons (Fsp3) is 0.462. The zero-order chi connectivity index (χ0) is 12.8. The van der Waals surface area contributed by atoms with Crippen LogP contribution in [0.1, 0.15) is 18.5 Å². The number of likely N-dealkylation sites (N-methyl/N-ethyl adjacent to an activating group) is 1. The van der Waals surface area contributed by atoms with E-state index < -0.39 is 0 Å². The SMILES string of the molecule is COCC(=O)N(C)C(C)c1ccc(OC)cc1. The van der Waals surface area contributed by atoms with Gasteiger partial charge in [0.25, 0.3) is 0 Å². The molecule has 4 heteroatoms. The van der Waals surface area contributed by atoms with Crippen LogP contribution in [0.4, 0.5) is 0 Å². The standard InChI is InChI=1S/C13H19NO3/c1-10(14(2)13(15)9-16-3)11-5-7-12(17-4)8-6-11/h5-8,10H,9H2,1-4H3. The van der Waals surface area contributed by atoms with Crippen LogP contribution in [-0.2, 0) is 9.53 Å². The van der Waals surface area contributed by atoms with Crippen molar-refractivity contribution in [3.05, 3.63) is 29.8 Å². The van der Waals surface area contributed by atoms with Crippen molar-refractivity contribution in [2.45, 2.75) is 13.0 Å². The Morgan fingerprint density at radius 3 is 2.35 bits per heavy atom. The monoisotopic (exact) mass is 237 g/mol. The van der Waals surface area contributed by atoms with E-state index in [4.69, 9.17) is 9.47 Å². The largest absolute Gasteiger partial charge is 0.497 e. The van der Waals surface area contributed by atoms with E-state index in [1.807, 2.05) is 31.2 Å². The molecule has 94 valence electrons. The molecule has 0 saturated heterocycles. The van der Waals surface area contributed by atoms with Crippen LogP contribution in [0.25, 0.3) is 0 Å². The van der Waals surface area contributed by atoms with Gasteiger partial charge in [0.2, 0.25) is 5.91 Å². The topological polar surface area (TPSA) is 38.8 Å². The number of carbonyl (C=O) groups excluding carboxylic acids is 1. The van der Waals surface area contributed by atoms with Gasteiger partial charge in [-0.05, 0) is 24.6 Å². The van der Waals surface area contributed by atoms with Crippen molar-refractivity contribution >= 4 is 5.91 Å². The van der Waals surface area contributed by atoms with Crippen LogP contribution in [-0.4, -0.2) is 38.7 Å². The summed E-state index contributed by atoms with van der Waals surface area (Å²) in [4.78, 5) is 13.3. The number of nitrogens with zero attached hydrogens (tertiary/aromatic N) is 1. The van der Waals surface area contributed by atoms with Gasteiger partial charge in [0.05, 0.1) is 13.2 Å². The van der Waals surface area contributed by atoms with Crippen LogP contribution < -0.4 is 4.74 Å². The third-order valence-electron chi connectivity index (χ3n) is 2.84. The minimum Gasteiger partial charge on any atom is -0.497 e. The number of carbonyl (C=O) groups is 1. The van der Waals surface area contributed by atoms with Crippen molar-refractivity contribution in [3.63, 3.8) is 0 Å². The fourth-order valence-corrected chi connectivity index (χ4v) is 1.55. The average molecular weight is 237 g/mol. The molecule has 1 rings (SSSR count). The number of hydrogen-bond donors (Lipinski definition) is 0. The molecule has 0 heterocycles. The predicted octanol–water partition coefficient (Wildman–Crippen LogP) is 1.86. The van der Waals surface area contributed by atoms with Crippen LogP contribution in [0.2, 0.25) is 0 Å². The molecule has 0 N–H and O–H groups in total. The van der Waals surface area contributed by atoms with Crippen molar-refractivity contribution in [2.75, 3.05) is 27.9 Å². The molecular formula is C13H19NO3. The summed E-state index contributed by atoms with van der Waals surface area (Å²) in [7, 11) is 4.92. The predicted molar refractivity (Wildman–Crippen MR) is 66.1 cm³/mol. The average Bonchev–Trinajstić information content (AvgIpc) is 2.37. The second-order valence-electron chi connectivity index (χ2n) is 3.89. The molecule has 0 aliphatic carbocycles. The van der Waals surface area contributed by atoms with Crippen molar-refractivity contribution < 1.29 is 14.3 Å². The Morgan fingerprint density at radius 1 is 1.29 bits per heavy atom. The molecular weight excluding hydrogens is 218 g/mol. The summed E-state index contributed by atoms with van der Waals surface area (Å²) in [6, 6.07) is 7.71. The second-order valence-corrected chi connectivity index (χ2v) is 3.89. The van der Waals surface area contributed by atoms with Gasteiger partial charge in [0, 0.05) is 14.2 Å². The number of hydrogen-bond acceptors (Lipinski definition) is 3. The Labute approximate surface area is 102 Å². The van der Waals surface area contributed by atoms with Gasteiger partial charge in [0.1, 0.15) is 12.4 Å². The summed E-state index contributed by atoms with van der Waals surface area (Å²) in [5.74, 6) is 0.780. The van der Waals surface area contributed by atoms with Crippen LogP contribution in [0.15, 0.2) is 24.3 Å². The van der Waals surface area contributed by atoms with Crippen molar-refractivity contribution in [1.29, 1.82) is 0 Å². The minimum absolute atomic E-state index is 0.0172. The molecule has 1 amide bonds. The van der Waals surface area contributed by atoms with Gasteiger partial charge in [-0.3, -0.25) is 4.79 Å². The molecule has 0 aliphatic rings. The first-order valence-corrected chi connectivity index (χ1v) is 5.48. The Balaban J connectivity index is 2.73. The molecule has 1 atom stereocenters. The number of amides is 1. The molecule has 17 heavy (non-hydrogen) atoms. The highest BCUT2D eigenvalue weighted by Crippen LogP contribution is 2.21. The first kappa shape index (κ1) is 13.5. The maximum Gasteiger partial charge on any atom is 0.248 e. The van der Waals surface area contributed by atoms with E-state index in [0.717, 1.165) is 11.3 Å². The Morgan fingerprint density at radius 2 is 1.88 bits per heavy atom. The van der Waals surface area contributed by atoms with E-state index in [0.29, 0.717) is 0 Å². The lowest BCUT2D eigenvalue weighted by Gasteiger charge is -2.25. The van der Waals surface area contributed by atoms with E-state index in [1.165, 1.54) is 7.11 Å². The third-order valence-corrected chi connectivity index (χ3v) is 2.84. The van der Waals surface area contributed by atoms with Crippen molar-refractivity contribution in [3.8, 4) is 5.75 Å². The Hall–Kier alpha value is -1.55. The summed E-state index contributed by atoms with van der Waals surface area (Å²) < 4.78 is 9.93. The lowest BCUT2D eigenvalue weighted by Crippen LogP contribution is -2.32. The van der Waals surface area contributed by atoms with Gasteiger partial charge in [-0.1, -0.05) is 12.1 Å². The molecule has 1 aromatic carbocycles. The highest BCUT2D eigenvalue weighted by atomic mass is 16.5. The Bertz CT molecular complexity index is 361. The zero-order valence-corrected chi connectivity index (χ0v) is 10.8. The van der Waals surface area contributed by atoms with Gasteiger partial charge in [-0.2, -0.15) is 0 Å². The molecule has 1 unspecified atom stereocenters. The van der Waals surface area contributed by atoms with Crippen LogP contribution in [0.3, 0.4) is 0 Å². The maximum atomic E-state index is 11.7. The first-order chi connectivity index (χ1) is 8.10. The highest BCUT2D eigenvalue weighted by molar-refractivity contribution is 5.77. The summed E-state index contributed by atoms with van der Waals surface area (Å²) in [5.41, 5.74) is 1.07. The second kappa shape index (κ2) is 6.25. The van der Waals surface area contributed by atoms with Crippen molar-refractivity contribution in [1.82, 2.24) is 4.90 Å². The van der Waals surface area contributed by atoms with Gasteiger partial charge in [-0.25, -0.2) is 0 Å². The highest BCUT2D eigenvalue weighted by Gasteiger charge is 2.16. The van der Waals surface area contributed by atoms with Crippen LogP contribution >= 0.6 is 0 Å². The summed E-state index contributed by atoms with van der Waals surface area (Å²) in [6.45, 7) is 2.09. The lowest BCUT2D eigenvalue weighted by molar-refractivity contribution is -0.135. The van der Waals surface area contributed by atoms with E-state index in [2.05, 4.69) is 0 Å². The van der Waals surface area contributed by atoms with Crippen LogP contribution in [0.5, 0.6) is 5.75 Å². The van der Waals surface area contributed by atoms with Gasteiger partial charge in [0.15, 0.2) is 0 Å². The number of methoxy groups -OCH3 is 2. The number of benzene rings is 1. The van der Waals surface area contributed by atoms with Gasteiger partial charge >= 0.3 is 0 Å². The molecule has 0 spiro atoms. The number of ether oxygens (including phenoxy) is 2. The summed E-state index contributed by atoms with van der Waals surface area (Å²) in [5, 5.41) is 0. The molecule has 0 aromatic heterocycles. The molecule has 0 fully saturated rings. The van der Waals surface area contributed by atoms with E-state index >= 15 is 0 Å². The minimum atomic E-state index is -0.0316. The third kappa shape index (κ3) is 3.46. The molecule has 4 nitrogen and oxygen atoms in total. The molecule has 0 radical (unpaired) electrons. The number of rotatable bonds is 5. The molecule has 1 aromatic rings. The van der Waals surface area contributed by atoms with Gasteiger partial charge in [-0.15, -0.1) is 0 Å². The van der Waals surface area contributed by atoms with Crippen LogP contribution in [0, 0.1) is 0 Å². The Kier molecular flexibility index (Phi) is 4.97. The maximum absolute atomic E-state index is 11.7. The normalized spacial score (nSPS) is 12.0.